The number of rotatable bonds is 6. The third-order valence-electron chi connectivity index (χ3n) is 3.79. The van der Waals surface area contributed by atoms with Gasteiger partial charge in [0.25, 0.3) is 0 Å². The predicted molar refractivity (Wildman–Crippen MR) is 89.6 cm³/mol. The minimum atomic E-state index is 0.459. The Bertz CT molecular complexity index is 505. The summed E-state index contributed by atoms with van der Waals surface area (Å²) < 4.78 is 5.85. The topological polar surface area (TPSA) is 34.2 Å². The molecule has 0 radical (unpaired) electrons. The van der Waals surface area contributed by atoms with Gasteiger partial charge in [-0.1, -0.05) is 49.2 Å². The number of anilines is 1. The van der Waals surface area contributed by atoms with Crippen molar-refractivity contribution in [2.75, 3.05) is 18.5 Å². The molecular weight excluding hydrogens is 307 g/mol. The van der Waals surface area contributed by atoms with Gasteiger partial charge >= 0.3 is 0 Å². The van der Waals surface area contributed by atoms with E-state index in [1.54, 1.807) is 6.07 Å². The molecule has 0 aromatic carbocycles. The number of nitrogens with zero attached hydrogens (tertiary/aromatic N) is 1. The van der Waals surface area contributed by atoms with Gasteiger partial charge in [0.15, 0.2) is 0 Å². The van der Waals surface area contributed by atoms with E-state index in [2.05, 4.69) is 36.3 Å². The van der Waals surface area contributed by atoms with Gasteiger partial charge in [0.2, 0.25) is 5.88 Å². The molecule has 1 aromatic rings. The number of aromatic nitrogens is 1. The van der Waals surface area contributed by atoms with Crippen molar-refractivity contribution in [3.63, 3.8) is 0 Å². The molecular formula is C16H22Cl2N2O. The second-order valence-electron chi connectivity index (χ2n) is 5.52. The Morgan fingerprint density at radius 1 is 1.29 bits per heavy atom. The fraction of sp³-hybridized carbons (Fsp3) is 0.562. The van der Waals surface area contributed by atoms with Gasteiger partial charge in [-0.3, -0.25) is 0 Å². The smallest absolute Gasteiger partial charge is 0.234 e. The Kier molecular flexibility index (Phi) is 6.19. The summed E-state index contributed by atoms with van der Waals surface area (Å²) in [4.78, 5) is 4.40. The maximum atomic E-state index is 6.18. The van der Waals surface area contributed by atoms with E-state index in [1.807, 2.05) is 0 Å². The number of pyridine rings is 1. The highest BCUT2D eigenvalue weighted by molar-refractivity contribution is 6.36. The van der Waals surface area contributed by atoms with Crippen LogP contribution in [-0.2, 0) is 0 Å². The van der Waals surface area contributed by atoms with Crippen molar-refractivity contribution < 1.29 is 4.74 Å². The number of nitrogens with one attached hydrogen (secondary N) is 1. The van der Waals surface area contributed by atoms with Crippen LogP contribution in [0.1, 0.15) is 33.1 Å². The zero-order valence-electron chi connectivity index (χ0n) is 12.5. The molecule has 0 spiro atoms. The highest BCUT2D eigenvalue weighted by Crippen LogP contribution is 2.32. The molecule has 1 heterocycles. The predicted octanol–water partition coefficient (Wildman–Crippen LogP) is 5.19. The zero-order valence-corrected chi connectivity index (χ0v) is 14.0. The first-order valence-corrected chi connectivity index (χ1v) is 8.25. The highest BCUT2D eigenvalue weighted by Gasteiger charge is 2.20. The maximum absolute atomic E-state index is 6.18. The van der Waals surface area contributed by atoms with Gasteiger partial charge in [-0.15, -0.1) is 0 Å². The summed E-state index contributed by atoms with van der Waals surface area (Å²) in [5.74, 6) is 2.23. The molecule has 21 heavy (non-hydrogen) atoms. The number of halogens is 2. The van der Waals surface area contributed by atoms with Crippen molar-refractivity contribution in [1.82, 2.24) is 4.98 Å². The number of hydrogen-bond donors (Lipinski definition) is 1. The van der Waals surface area contributed by atoms with E-state index in [4.69, 9.17) is 27.9 Å². The molecule has 2 unspecified atom stereocenters. The summed E-state index contributed by atoms with van der Waals surface area (Å²) in [6.45, 7) is 5.79. The van der Waals surface area contributed by atoms with Crippen LogP contribution in [0.2, 0.25) is 10.0 Å². The first kappa shape index (κ1) is 16.4. The van der Waals surface area contributed by atoms with E-state index in [-0.39, 0.29) is 0 Å². The van der Waals surface area contributed by atoms with Crippen molar-refractivity contribution in [3.8, 4) is 5.88 Å². The van der Waals surface area contributed by atoms with Gasteiger partial charge in [-0.05, 0) is 37.2 Å². The van der Waals surface area contributed by atoms with Gasteiger partial charge in [0.1, 0.15) is 10.8 Å². The summed E-state index contributed by atoms with van der Waals surface area (Å²) in [6, 6.07) is 1.69. The van der Waals surface area contributed by atoms with Gasteiger partial charge < -0.3 is 10.1 Å². The summed E-state index contributed by atoms with van der Waals surface area (Å²) in [6.07, 6.45) is 7.62. The second-order valence-corrected chi connectivity index (χ2v) is 6.34. The largest absolute Gasteiger partial charge is 0.476 e. The monoisotopic (exact) mass is 328 g/mol. The quantitative estimate of drug-likeness (QED) is 0.729. The van der Waals surface area contributed by atoms with Crippen LogP contribution in [0.25, 0.3) is 0 Å². The molecule has 1 aromatic heterocycles. The van der Waals surface area contributed by atoms with Crippen LogP contribution in [0.15, 0.2) is 18.2 Å². The molecule has 116 valence electrons. The van der Waals surface area contributed by atoms with E-state index in [0.29, 0.717) is 40.2 Å². The van der Waals surface area contributed by atoms with Crippen LogP contribution < -0.4 is 10.1 Å². The average molecular weight is 329 g/mol. The standard InChI is InChI=1S/C16H22Cl2N2O/c1-3-8-19-15-13(17)9-14(18)16(20-15)21-10-12-7-5-4-6-11(12)2/h4-5,9,11-12H,3,6-8,10H2,1-2H3,(H,19,20). The van der Waals surface area contributed by atoms with Crippen LogP contribution in [-0.4, -0.2) is 18.1 Å². The van der Waals surface area contributed by atoms with Gasteiger partial charge in [0.05, 0.1) is 11.6 Å². The molecule has 2 atom stereocenters. The van der Waals surface area contributed by atoms with E-state index in [9.17, 15) is 0 Å². The molecule has 1 aliphatic carbocycles. The summed E-state index contributed by atoms with van der Waals surface area (Å²) in [7, 11) is 0. The molecule has 0 saturated carbocycles. The number of allylic oxidation sites excluding steroid dienone is 2. The lowest BCUT2D eigenvalue weighted by Gasteiger charge is -2.25. The first-order valence-electron chi connectivity index (χ1n) is 7.49. The van der Waals surface area contributed by atoms with Crippen molar-refractivity contribution in [2.24, 2.45) is 11.8 Å². The van der Waals surface area contributed by atoms with Crippen LogP contribution in [0, 0.1) is 11.8 Å². The van der Waals surface area contributed by atoms with E-state index in [0.717, 1.165) is 25.8 Å². The van der Waals surface area contributed by atoms with Crippen molar-refractivity contribution in [3.05, 3.63) is 28.3 Å². The van der Waals surface area contributed by atoms with Crippen LogP contribution in [0.4, 0.5) is 5.82 Å². The van der Waals surface area contributed by atoms with Crippen molar-refractivity contribution in [2.45, 2.75) is 33.1 Å². The molecule has 1 N–H and O–H groups in total. The zero-order chi connectivity index (χ0) is 15.2. The Morgan fingerprint density at radius 3 is 2.76 bits per heavy atom. The molecule has 0 bridgehead atoms. The highest BCUT2D eigenvalue weighted by atomic mass is 35.5. The van der Waals surface area contributed by atoms with E-state index in [1.165, 1.54) is 0 Å². The molecule has 0 amide bonds. The Morgan fingerprint density at radius 2 is 2.05 bits per heavy atom. The van der Waals surface area contributed by atoms with Crippen LogP contribution in [0.5, 0.6) is 5.88 Å². The fourth-order valence-corrected chi connectivity index (χ4v) is 2.82. The summed E-state index contributed by atoms with van der Waals surface area (Å²) >= 11 is 12.3. The molecule has 0 aliphatic heterocycles. The fourth-order valence-electron chi connectivity index (χ4n) is 2.34. The number of hydrogen-bond acceptors (Lipinski definition) is 3. The molecule has 0 saturated heterocycles. The Labute approximate surface area is 136 Å². The lowest BCUT2D eigenvalue weighted by Crippen LogP contribution is -2.21. The van der Waals surface area contributed by atoms with Crippen LogP contribution in [0.3, 0.4) is 0 Å². The molecule has 3 nitrogen and oxygen atoms in total. The lowest BCUT2D eigenvalue weighted by atomic mass is 9.85. The SMILES string of the molecule is CCCNc1nc(OCC2CC=CCC2C)c(Cl)cc1Cl. The third-order valence-corrected chi connectivity index (χ3v) is 4.35. The Balaban J connectivity index is 2.03. The maximum Gasteiger partial charge on any atom is 0.234 e. The van der Waals surface area contributed by atoms with E-state index >= 15 is 0 Å². The normalized spacial score (nSPS) is 21.3. The third kappa shape index (κ3) is 4.52. The summed E-state index contributed by atoms with van der Waals surface area (Å²) in [5, 5.41) is 4.17. The number of ether oxygens (including phenoxy) is 1. The average Bonchev–Trinajstić information content (AvgIpc) is 2.47. The molecule has 1 aliphatic rings. The van der Waals surface area contributed by atoms with Gasteiger partial charge in [-0.25, -0.2) is 0 Å². The van der Waals surface area contributed by atoms with E-state index < -0.39 is 0 Å². The lowest BCUT2D eigenvalue weighted by molar-refractivity contribution is 0.193. The van der Waals surface area contributed by atoms with Crippen molar-refractivity contribution >= 4 is 29.0 Å². The molecule has 2 rings (SSSR count). The second kappa shape index (κ2) is 7.90. The molecule has 5 heteroatoms. The summed E-state index contributed by atoms with van der Waals surface area (Å²) in [5.41, 5.74) is 0. The molecule has 0 fully saturated rings. The first-order chi connectivity index (χ1) is 10.1. The van der Waals surface area contributed by atoms with Crippen LogP contribution >= 0.6 is 23.2 Å². The van der Waals surface area contributed by atoms with Gasteiger partial charge in [-0.2, -0.15) is 4.98 Å². The van der Waals surface area contributed by atoms with Gasteiger partial charge in [0, 0.05) is 6.54 Å². The Hall–Kier alpha value is -0.930. The minimum absolute atomic E-state index is 0.459. The minimum Gasteiger partial charge on any atom is -0.476 e. The van der Waals surface area contributed by atoms with Crippen molar-refractivity contribution in [1.29, 1.82) is 0 Å².